The molecule has 1 saturated carbocycles. The van der Waals surface area contributed by atoms with Crippen molar-refractivity contribution in [1.82, 2.24) is 24.3 Å². The van der Waals surface area contributed by atoms with Crippen molar-refractivity contribution in [1.29, 1.82) is 0 Å². The van der Waals surface area contributed by atoms with Gasteiger partial charge in [-0.15, -0.1) is 0 Å². The minimum absolute atomic E-state index is 0.00903. The summed E-state index contributed by atoms with van der Waals surface area (Å²) in [6.07, 6.45) is 4.73. The summed E-state index contributed by atoms with van der Waals surface area (Å²) in [5.41, 5.74) is 9.54. The van der Waals surface area contributed by atoms with Crippen molar-refractivity contribution < 1.29 is 18.3 Å². The van der Waals surface area contributed by atoms with Crippen LogP contribution >= 0.6 is 0 Å². The summed E-state index contributed by atoms with van der Waals surface area (Å²) in [5.74, 6) is 8.82. The van der Waals surface area contributed by atoms with E-state index in [9.17, 15) is 13.6 Å². The number of benzene rings is 2. The number of nitrogen functional groups attached to an aromatic ring is 1. The Bertz CT molecular complexity index is 1810. The smallest absolute Gasteiger partial charge is 0.246 e. The predicted molar refractivity (Wildman–Crippen MR) is 164 cm³/mol. The van der Waals surface area contributed by atoms with E-state index in [4.69, 9.17) is 10.5 Å². The first-order chi connectivity index (χ1) is 21.4. The highest BCUT2D eigenvalue weighted by molar-refractivity contribution is 6.03. The number of aryl methyl sites for hydroxylation is 1. The molecule has 2 N–H and O–H groups in total. The molecule has 1 aliphatic carbocycles. The second-order valence-corrected chi connectivity index (χ2v) is 11.7. The molecule has 1 amide bonds. The van der Waals surface area contributed by atoms with E-state index < -0.39 is 6.17 Å². The topological polar surface area (TPSA) is 89.5 Å². The molecule has 44 heavy (non-hydrogen) atoms. The lowest BCUT2D eigenvalue weighted by molar-refractivity contribution is -0.125. The zero-order valence-electron chi connectivity index (χ0n) is 24.3. The number of amides is 1. The highest BCUT2D eigenvalue weighted by Crippen LogP contribution is 2.51. The number of fused-ring (bicyclic) bond motifs is 2. The highest BCUT2D eigenvalue weighted by Gasteiger charge is 2.55. The van der Waals surface area contributed by atoms with E-state index >= 15 is 0 Å². The molecule has 4 atom stereocenters. The molecule has 2 aliphatic heterocycles. The van der Waals surface area contributed by atoms with Crippen LogP contribution in [0.15, 0.2) is 67.0 Å². The van der Waals surface area contributed by atoms with Gasteiger partial charge in [0.25, 0.3) is 0 Å². The number of likely N-dealkylation sites (tertiary alicyclic amines) is 2. The Kier molecular flexibility index (Phi) is 7.26. The first-order valence-electron chi connectivity index (χ1n) is 14.8. The second-order valence-electron chi connectivity index (χ2n) is 11.7. The molecule has 0 radical (unpaired) electrons. The monoisotopic (exact) mass is 594 g/mol. The summed E-state index contributed by atoms with van der Waals surface area (Å²) in [5, 5.41) is 0.730. The summed E-state index contributed by atoms with van der Waals surface area (Å²) in [7, 11) is 1.92. The largest absolute Gasteiger partial charge is 0.457 e. The van der Waals surface area contributed by atoms with Crippen molar-refractivity contribution in [2.24, 2.45) is 24.8 Å². The predicted octanol–water partition coefficient (Wildman–Crippen LogP) is 4.80. The first kappa shape index (κ1) is 28.0. The SMILES string of the molecule is Cn1c(C#CC2[C@H]3CN(C(=O)/C=C/CN4CCC(F)C4)C[C@@H]23)c(-c2ccc(Oc3cccc(F)c3)cc2)c2c(N)ncnc21. The maximum absolute atomic E-state index is 13.6. The van der Waals surface area contributed by atoms with Crippen LogP contribution in [0.5, 0.6) is 11.5 Å². The number of halogens is 2. The van der Waals surface area contributed by atoms with Gasteiger partial charge in [0.05, 0.1) is 5.39 Å². The first-order valence-corrected chi connectivity index (χ1v) is 14.8. The number of aromatic nitrogens is 3. The fraction of sp³-hybridized carbons (Fsp3) is 0.324. The van der Waals surface area contributed by atoms with Crippen LogP contribution in [0.4, 0.5) is 14.6 Å². The highest BCUT2D eigenvalue weighted by atomic mass is 19.1. The van der Waals surface area contributed by atoms with E-state index in [1.54, 1.807) is 18.2 Å². The minimum atomic E-state index is -0.758. The molecule has 8 nitrogen and oxygen atoms in total. The van der Waals surface area contributed by atoms with E-state index in [0.29, 0.717) is 67.4 Å². The van der Waals surface area contributed by atoms with Gasteiger partial charge in [-0.3, -0.25) is 9.69 Å². The van der Waals surface area contributed by atoms with Crippen LogP contribution in [-0.2, 0) is 11.8 Å². The molecule has 2 aromatic heterocycles. The van der Waals surface area contributed by atoms with E-state index in [0.717, 1.165) is 28.8 Å². The van der Waals surface area contributed by atoms with Crippen LogP contribution in [0.2, 0.25) is 0 Å². The van der Waals surface area contributed by atoms with Gasteiger partial charge in [-0.05, 0) is 54.0 Å². The quantitative estimate of drug-likeness (QED) is 0.255. The molecule has 2 aromatic carbocycles. The average Bonchev–Trinajstić information content (AvgIpc) is 3.34. The Hall–Kier alpha value is -4.75. The Morgan fingerprint density at radius 1 is 1.11 bits per heavy atom. The Balaban J connectivity index is 1.08. The molecular formula is C34H32F2N6O2. The van der Waals surface area contributed by atoms with Gasteiger partial charge in [0, 0.05) is 63.4 Å². The molecule has 3 aliphatic rings. The van der Waals surface area contributed by atoms with Gasteiger partial charge in [-0.25, -0.2) is 18.7 Å². The Labute approximate surface area is 254 Å². The number of carbonyl (C=O) groups excluding carboxylic acids is 1. The number of alkyl halides is 1. The van der Waals surface area contributed by atoms with Crippen LogP contribution in [0.3, 0.4) is 0 Å². The van der Waals surface area contributed by atoms with Crippen molar-refractivity contribution in [3.63, 3.8) is 0 Å². The number of carbonyl (C=O) groups is 1. The third kappa shape index (κ3) is 5.40. The Morgan fingerprint density at radius 2 is 1.91 bits per heavy atom. The lowest BCUT2D eigenvalue weighted by Gasteiger charge is -2.17. The van der Waals surface area contributed by atoms with Gasteiger partial charge in [-0.1, -0.05) is 30.2 Å². The van der Waals surface area contributed by atoms with E-state index in [1.165, 1.54) is 18.5 Å². The van der Waals surface area contributed by atoms with Crippen LogP contribution in [0.25, 0.3) is 22.2 Å². The van der Waals surface area contributed by atoms with Gasteiger partial charge in [0.2, 0.25) is 5.91 Å². The Morgan fingerprint density at radius 3 is 2.64 bits per heavy atom. The zero-order chi connectivity index (χ0) is 30.4. The van der Waals surface area contributed by atoms with Crippen LogP contribution in [0.1, 0.15) is 12.1 Å². The van der Waals surface area contributed by atoms with E-state index in [2.05, 4.69) is 21.8 Å². The van der Waals surface area contributed by atoms with Gasteiger partial charge >= 0.3 is 0 Å². The lowest BCUT2D eigenvalue weighted by Crippen LogP contribution is -2.30. The van der Waals surface area contributed by atoms with Crippen molar-refractivity contribution in [3.8, 4) is 34.5 Å². The molecule has 0 spiro atoms. The van der Waals surface area contributed by atoms with E-state index in [1.807, 2.05) is 51.8 Å². The fourth-order valence-electron chi connectivity index (χ4n) is 6.49. The van der Waals surface area contributed by atoms with Crippen LogP contribution in [0, 0.1) is 35.4 Å². The van der Waals surface area contributed by atoms with Crippen LogP contribution < -0.4 is 10.5 Å². The molecular weight excluding hydrogens is 562 g/mol. The fourth-order valence-corrected chi connectivity index (χ4v) is 6.49. The van der Waals surface area contributed by atoms with Crippen molar-refractivity contribution in [2.75, 3.05) is 38.5 Å². The molecule has 0 bridgehead atoms. The molecule has 2 saturated heterocycles. The van der Waals surface area contributed by atoms with E-state index in [-0.39, 0.29) is 17.6 Å². The summed E-state index contributed by atoms with van der Waals surface area (Å²) in [6, 6.07) is 13.5. The zero-order valence-corrected chi connectivity index (χ0v) is 24.3. The molecule has 7 rings (SSSR count). The third-order valence-electron chi connectivity index (χ3n) is 8.87. The van der Waals surface area contributed by atoms with Gasteiger partial charge in [0.15, 0.2) is 0 Å². The number of hydrogen-bond donors (Lipinski definition) is 1. The summed E-state index contributed by atoms with van der Waals surface area (Å²) < 4.78 is 34.8. The average molecular weight is 595 g/mol. The number of piperidine rings is 1. The molecule has 3 fully saturated rings. The maximum atomic E-state index is 13.6. The maximum Gasteiger partial charge on any atom is 0.246 e. The van der Waals surface area contributed by atoms with Gasteiger partial charge in [-0.2, -0.15) is 0 Å². The number of hydrogen-bond acceptors (Lipinski definition) is 6. The molecule has 4 aromatic rings. The number of anilines is 1. The molecule has 2 unspecified atom stereocenters. The minimum Gasteiger partial charge on any atom is -0.457 e. The third-order valence-corrected chi connectivity index (χ3v) is 8.87. The number of nitrogens with zero attached hydrogens (tertiary/aromatic N) is 5. The number of rotatable bonds is 6. The number of nitrogens with two attached hydrogens (primary N) is 1. The summed E-state index contributed by atoms with van der Waals surface area (Å²) in [4.78, 5) is 25.3. The molecule has 224 valence electrons. The van der Waals surface area contributed by atoms with Gasteiger partial charge < -0.3 is 19.9 Å². The number of ether oxygens (including phenoxy) is 1. The van der Waals surface area contributed by atoms with Crippen LogP contribution in [-0.4, -0.2) is 69.1 Å². The standard InChI is InChI=1S/C34H32F2N6O2/c1-40-29(12-11-26-27-18-42(19-28(26)27)30(43)6-3-14-41-15-13-23(36)17-41)31(32-33(37)38-20-39-34(32)40)21-7-9-24(10-8-21)44-25-5-2-4-22(35)16-25/h2-10,16,20,23,26-28H,13-15,17-19H2,1H3,(H2,37,38,39)/b6-3+/t23?,26?,27-,28+. The second kappa shape index (κ2) is 11.4. The molecule has 10 heteroatoms. The van der Waals surface area contributed by atoms with Gasteiger partial charge in [0.1, 0.15) is 47.0 Å². The molecule has 4 heterocycles. The van der Waals surface area contributed by atoms with Crippen molar-refractivity contribution >= 4 is 22.8 Å². The summed E-state index contributed by atoms with van der Waals surface area (Å²) >= 11 is 0. The lowest BCUT2D eigenvalue weighted by atomic mass is 10.0. The van der Waals surface area contributed by atoms with Crippen molar-refractivity contribution in [2.45, 2.75) is 12.6 Å². The summed E-state index contributed by atoms with van der Waals surface area (Å²) in [6.45, 7) is 3.17. The normalized spacial score (nSPS) is 22.8. The van der Waals surface area contributed by atoms with Crippen molar-refractivity contribution in [3.05, 3.63) is 78.5 Å².